The van der Waals surface area contributed by atoms with E-state index in [0.717, 1.165) is 79.9 Å². The Labute approximate surface area is 275 Å². The molecule has 45 heavy (non-hydrogen) atoms. The van der Waals surface area contributed by atoms with Crippen LogP contribution in [0.25, 0.3) is 0 Å². The van der Waals surface area contributed by atoms with Crippen LogP contribution in [-0.2, 0) is 22.4 Å². The van der Waals surface area contributed by atoms with Gasteiger partial charge in [-0.25, -0.2) is 4.99 Å². The Bertz CT molecular complexity index is 1180. The Morgan fingerprint density at radius 1 is 0.889 bits per heavy atom. The molecule has 1 aromatic carbocycles. The summed E-state index contributed by atoms with van der Waals surface area (Å²) in [4.78, 5) is 45.2. The highest BCUT2D eigenvalue weighted by atomic mass is 16.1. The van der Waals surface area contributed by atoms with E-state index in [1.165, 1.54) is 37.2 Å². The average Bonchev–Trinajstić information content (AvgIpc) is 3.00. The van der Waals surface area contributed by atoms with Crippen LogP contribution in [0.15, 0.2) is 41.4 Å². The summed E-state index contributed by atoms with van der Waals surface area (Å²) in [6.45, 7) is 15.0. The van der Waals surface area contributed by atoms with E-state index in [1.54, 1.807) is 0 Å². The third-order valence-electron chi connectivity index (χ3n) is 7.60. The number of aryl methyl sites for hydroxylation is 3. The van der Waals surface area contributed by atoms with E-state index in [1.807, 2.05) is 58.0 Å². The third-order valence-corrected chi connectivity index (χ3v) is 7.60. The molecular weight excluding hydrogens is 557 g/mol. The first-order valence-electron chi connectivity index (χ1n) is 17.2. The lowest BCUT2D eigenvalue weighted by atomic mass is 9.95. The molecule has 2 aliphatic rings. The van der Waals surface area contributed by atoms with Crippen molar-refractivity contribution in [2.24, 2.45) is 10.9 Å². The summed E-state index contributed by atoms with van der Waals surface area (Å²) in [5.74, 6) is 1.41. The Hall–Kier alpha value is -2.93. The maximum Gasteiger partial charge on any atom is 0.177 e. The number of aromatic nitrogens is 1. The van der Waals surface area contributed by atoms with Gasteiger partial charge in [-0.3, -0.25) is 14.6 Å². The van der Waals surface area contributed by atoms with Crippen molar-refractivity contribution >= 4 is 36.5 Å². The molecule has 4 rings (SSSR count). The minimum atomic E-state index is -0.211. The average molecular weight is 616 g/mol. The fourth-order valence-corrected chi connectivity index (χ4v) is 5.21. The number of rotatable bonds is 12. The van der Waals surface area contributed by atoms with Gasteiger partial charge in [-0.2, -0.15) is 0 Å². The Morgan fingerprint density at radius 3 is 2.00 bits per heavy atom. The van der Waals surface area contributed by atoms with Crippen molar-refractivity contribution in [2.45, 2.75) is 125 Å². The highest BCUT2D eigenvalue weighted by Crippen LogP contribution is 2.27. The van der Waals surface area contributed by atoms with Crippen LogP contribution in [0.5, 0.6) is 0 Å². The van der Waals surface area contributed by atoms with Crippen LogP contribution in [0, 0.1) is 12.8 Å². The summed E-state index contributed by atoms with van der Waals surface area (Å²) in [7, 11) is 6.92. The summed E-state index contributed by atoms with van der Waals surface area (Å²) >= 11 is 0. The van der Waals surface area contributed by atoms with Crippen molar-refractivity contribution in [2.75, 3.05) is 20.1 Å². The molecule has 7 heteroatoms. The molecule has 0 amide bonds. The quantitative estimate of drug-likeness (QED) is 0.136. The lowest BCUT2D eigenvalue weighted by Crippen LogP contribution is -2.41. The van der Waals surface area contributed by atoms with E-state index in [-0.39, 0.29) is 17.2 Å². The predicted octanol–water partition coefficient (Wildman–Crippen LogP) is 8.62. The maximum atomic E-state index is 12.3. The molecule has 6 nitrogen and oxygen atoms in total. The summed E-state index contributed by atoms with van der Waals surface area (Å²) < 4.78 is 0. The summed E-state index contributed by atoms with van der Waals surface area (Å²) in [5, 5.41) is 0. The van der Waals surface area contributed by atoms with E-state index in [2.05, 4.69) is 31.9 Å². The van der Waals surface area contributed by atoms with Crippen LogP contribution in [0.3, 0.4) is 0 Å². The highest BCUT2D eigenvalue weighted by Gasteiger charge is 2.17. The minimum Gasteiger partial charge on any atom is -0.313 e. The van der Waals surface area contributed by atoms with Crippen LogP contribution in [-0.4, -0.2) is 60.8 Å². The molecule has 0 saturated carbocycles. The first-order chi connectivity index (χ1) is 21.6. The number of ketones is 2. The summed E-state index contributed by atoms with van der Waals surface area (Å²) in [6.07, 6.45) is 12.0. The molecule has 2 heterocycles. The maximum absolute atomic E-state index is 12.3. The number of fused-ring (bicyclic) bond motifs is 1. The van der Waals surface area contributed by atoms with Gasteiger partial charge >= 0.3 is 0 Å². The summed E-state index contributed by atoms with van der Waals surface area (Å²) in [5.41, 5.74) is 5.78. The Balaban J connectivity index is 0.000000361. The smallest absolute Gasteiger partial charge is 0.177 e. The van der Waals surface area contributed by atoms with Crippen LogP contribution < -0.4 is 0 Å². The highest BCUT2D eigenvalue weighted by molar-refractivity contribution is 6.57. The molecule has 1 fully saturated rings. The zero-order valence-corrected chi connectivity index (χ0v) is 29.3. The molecule has 0 bridgehead atoms. The second-order valence-electron chi connectivity index (χ2n) is 12.3. The van der Waals surface area contributed by atoms with E-state index in [9.17, 15) is 14.4 Å². The van der Waals surface area contributed by atoms with Crippen molar-refractivity contribution in [1.82, 2.24) is 9.88 Å². The Kier molecular flexibility index (Phi) is 20.9. The predicted molar refractivity (Wildman–Crippen MR) is 190 cm³/mol. The van der Waals surface area contributed by atoms with Crippen LogP contribution in [0.1, 0.15) is 133 Å². The SMILES string of the molecule is CC1CN(C)C1.CCCC(=O)c1ccccc1.CCCCC(=Nc1cc2c(nc1C)CCCC2)C(=O)CCC.[B]C(=O)CCC. The van der Waals surface area contributed by atoms with E-state index >= 15 is 0 Å². The first-order valence-corrected chi connectivity index (χ1v) is 17.2. The van der Waals surface area contributed by atoms with Gasteiger partial charge in [-0.15, -0.1) is 0 Å². The standard InChI is InChI=1S/C19H28N2O.C10H12O.C5H11N.C4H7BO/c1-4-6-11-17(19(22)9-5-2)21-18-13-15-10-7-8-12-16(15)20-14(18)3;1-2-6-10(11)9-7-4-3-5-8-9;1-5-3-6(2)4-5;1-2-3-4(5)6/h13H,4-12H2,1-3H3;3-5,7-8H,2,6H2,1H3;5H,3-4H2,1-2H3;2-3H2,1H3. The van der Waals surface area contributed by atoms with E-state index in [0.29, 0.717) is 19.3 Å². The van der Waals surface area contributed by atoms with Crippen molar-refractivity contribution in [3.05, 3.63) is 58.9 Å². The summed E-state index contributed by atoms with van der Waals surface area (Å²) in [6, 6.07) is 11.6. The lowest BCUT2D eigenvalue weighted by molar-refractivity contribution is -0.113. The monoisotopic (exact) mass is 615 g/mol. The van der Waals surface area contributed by atoms with Crippen molar-refractivity contribution in [3.8, 4) is 0 Å². The Morgan fingerprint density at radius 2 is 1.51 bits per heavy atom. The van der Waals surface area contributed by atoms with Crippen molar-refractivity contribution in [3.63, 3.8) is 0 Å². The number of carbonyl (C=O) groups excluding carboxylic acids is 3. The zero-order valence-electron chi connectivity index (χ0n) is 29.3. The van der Waals surface area contributed by atoms with E-state index in [4.69, 9.17) is 17.8 Å². The number of likely N-dealkylation sites (tertiary alicyclic amines) is 1. The van der Waals surface area contributed by atoms with Crippen LogP contribution >= 0.6 is 0 Å². The van der Waals surface area contributed by atoms with E-state index < -0.39 is 0 Å². The number of Topliss-reactive ketones (excluding diaryl/α,β-unsaturated/α-hetero) is 2. The molecule has 246 valence electrons. The van der Waals surface area contributed by atoms with Gasteiger partial charge in [0.2, 0.25) is 0 Å². The molecule has 0 unspecified atom stereocenters. The van der Waals surface area contributed by atoms with Crippen LogP contribution in [0.2, 0.25) is 0 Å². The fourth-order valence-electron chi connectivity index (χ4n) is 5.21. The number of hydrogen-bond acceptors (Lipinski definition) is 6. The van der Waals surface area contributed by atoms with Crippen molar-refractivity contribution in [1.29, 1.82) is 0 Å². The van der Waals surface area contributed by atoms with Gasteiger partial charge in [0, 0.05) is 37.2 Å². The number of aliphatic imine (C=N–C) groups is 1. The van der Waals surface area contributed by atoms with Gasteiger partial charge < -0.3 is 9.69 Å². The molecular formula is C38H58BN3O3. The molecule has 0 spiro atoms. The van der Waals surface area contributed by atoms with Gasteiger partial charge in [0.05, 0.1) is 22.8 Å². The van der Waals surface area contributed by atoms with Crippen LogP contribution in [0.4, 0.5) is 5.69 Å². The number of unbranched alkanes of at least 4 members (excludes halogenated alkanes) is 1. The topological polar surface area (TPSA) is 79.7 Å². The lowest BCUT2D eigenvalue weighted by Gasteiger charge is -2.33. The van der Waals surface area contributed by atoms with Gasteiger partial charge in [0.15, 0.2) is 19.4 Å². The third kappa shape index (κ3) is 16.8. The largest absolute Gasteiger partial charge is 0.313 e. The number of nitrogens with zero attached hydrogens (tertiary/aromatic N) is 3. The number of hydrogen-bond donors (Lipinski definition) is 0. The van der Waals surface area contributed by atoms with Gasteiger partial charge in [-0.05, 0) is 89.3 Å². The first kappa shape index (κ1) is 40.1. The molecule has 1 saturated heterocycles. The zero-order chi connectivity index (χ0) is 33.6. The second-order valence-corrected chi connectivity index (χ2v) is 12.3. The number of pyridine rings is 1. The van der Waals surface area contributed by atoms with Crippen molar-refractivity contribution < 1.29 is 14.4 Å². The minimum absolute atomic E-state index is 0.202. The molecule has 0 N–H and O–H groups in total. The molecule has 0 atom stereocenters. The van der Waals surface area contributed by atoms with Gasteiger partial charge in [-0.1, -0.05) is 77.8 Å². The normalized spacial score (nSPS) is 14.2. The fraction of sp³-hybridized carbons (Fsp3) is 0.605. The van der Waals surface area contributed by atoms with Gasteiger partial charge in [0.25, 0.3) is 0 Å². The molecule has 1 aliphatic heterocycles. The second kappa shape index (κ2) is 23.4. The molecule has 2 radical (unpaired) electrons. The van der Waals surface area contributed by atoms with Gasteiger partial charge in [0.1, 0.15) is 0 Å². The number of carbonyl (C=O) groups is 3. The molecule has 2 aromatic rings. The molecule has 1 aromatic heterocycles. The number of benzene rings is 1. The molecule has 1 aliphatic carbocycles.